The molecule has 8 heteroatoms. The van der Waals surface area contributed by atoms with E-state index in [-0.39, 0.29) is 0 Å². The first-order valence-corrected chi connectivity index (χ1v) is 12.7. The van der Waals surface area contributed by atoms with E-state index in [0.29, 0.717) is 11.5 Å². The van der Waals surface area contributed by atoms with E-state index in [1.807, 2.05) is 48.8 Å². The second-order valence-electron chi connectivity index (χ2n) is 9.61. The lowest BCUT2D eigenvalue weighted by molar-refractivity contribution is 0.220. The average molecular weight is 487 g/mol. The second kappa shape index (κ2) is 9.22. The standard InChI is InChI=1S/C29H26N8/c1-2-13-37(14-3-1)18-19-15-21(17-31-16-19)23-7-8-25-27(32-23)28(36-35-25)29-33-24-6-4-5-22(26(24)34-29)20-9-11-30-12-10-20/h4-12,15-17H,1-3,13-14,18H2,(H,33,34)(H,35,36). The molecule has 0 aliphatic carbocycles. The van der Waals surface area contributed by atoms with Gasteiger partial charge >= 0.3 is 0 Å². The molecule has 1 fully saturated rings. The Balaban J connectivity index is 1.26. The Morgan fingerprint density at radius 1 is 0.784 bits per heavy atom. The fourth-order valence-electron chi connectivity index (χ4n) is 5.22. The van der Waals surface area contributed by atoms with Crippen molar-refractivity contribution < 1.29 is 0 Å². The zero-order valence-corrected chi connectivity index (χ0v) is 20.4. The number of benzene rings is 1. The predicted octanol–water partition coefficient (Wildman–Crippen LogP) is 5.61. The number of para-hydroxylation sites is 1. The lowest BCUT2D eigenvalue weighted by atomic mass is 10.1. The van der Waals surface area contributed by atoms with Crippen molar-refractivity contribution in [1.82, 2.24) is 40.0 Å². The first kappa shape index (κ1) is 21.8. The molecule has 2 N–H and O–H groups in total. The summed E-state index contributed by atoms with van der Waals surface area (Å²) in [5, 5.41) is 7.70. The lowest BCUT2D eigenvalue weighted by Crippen LogP contribution is -2.29. The third-order valence-corrected chi connectivity index (χ3v) is 7.08. The van der Waals surface area contributed by atoms with Crippen molar-refractivity contribution in [3.63, 3.8) is 0 Å². The molecule has 0 spiro atoms. The maximum Gasteiger partial charge on any atom is 0.161 e. The molecule has 0 saturated carbocycles. The van der Waals surface area contributed by atoms with Crippen molar-refractivity contribution >= 4 is 22.1 Å². The summed E-state index contributed by atoms with van der Waals surface area (Å²) in [4.78, 5) is 24.6. The number of pyridine rings is 3. The number of hydrogen-bond donors (Lipinski definition) is 2. The van der Waals surface area contributed by atoms with Gasteiger partial charge in [0.1, 0.15) is 5.52 Å². The van der Waals surface area contributed by atoms with Crippen LogP contribution in [-0.2, 0) is 6.54 Å². The van der Waals surface area contributed by atoms with Crippen LogP contribution < -0.4 is 0 Å². The third-order valence-electron chi connectivity index (χ3n) is 7.08. The number of aromatic amines is 2. The van der Waals surface area contributed by atoms with E-state index < -0.39 is 0 Å². The summed E-state index contributed by atoms with van der Waals surface area (Å²) in [5.74, 6) is 0.685. The number of rotatable bonds is 5. The van der Waals surface area contributed by atoms with E-state index in [1.165, 1.54) is 24.8 Å². The number of fused-ring (bicyclic) bond motifs is 2. The van der Waals surface area contributed by atoms with Gasteiger partial charge in [-0.05, 0) is 73.5 Å². The summed E-state index contributed by atoms with van der Waals surface area (Å²) >= 11 is 0. The van der Waals surface area contributed by atoms with Crippen LogP contribution in [0.1, 0.15) is 24.8 Å². The zero-order chi connectivity index (χ0) is 24.6. The smallest absolute Gasteiger partial charge is 0.161 e. The van der Waals surface area contributed by atoms with Crippen LogP contribution in [-0.4, -0.2) is 53.1 Å². The number of nitrogens with one attached hydrogen (secondary N) is 2. The van der Waals surface area contributed by atoms with Gasteiger partial charge in [-0.25, -0.2) is 9.97 Å². The van der Waals surface area contributed by atoms with Crippen LogP contribution in [0.25, 0.3) is 56.0 Å². The first-order valence-electron chi connectivity index (χ1n) is 12.7. The summed E-state index contributed by atoms with van der Waals surface area (Å²) in [6, 6.07) is 16.4. The Bertz CT molecular complexity index is 1700. The van der Waals surface area contributed by atoms with Crippen molar-refractivity contribution in [2.45, 2.75) is 25.8 Å². The number of imidazole rings is 1. The van der Waals surface area contributed by atoms with Crippen LogP contribution in [0.2, 0.25) is 0 Å². The minimum atomic E-state index is 0.685. The minimum absolute atomic E-state index is 0.685. The molecule has 7 rings (SSSR count). The van der Waals surface area contributed by atoms with E-state index in [2.05, 4.69) is 42.2 Å². The Kier molecular flexibility index (Phi) is 5.44. The highest BCUT2D eigenvalue weighted by molar-refractivity contribution is 5.96. The van der Waals surface area contributed by atoms with Crippen LogP contribution in [0, 0.1) is 0 Å². The predicted molar refractivity (Wildman–Crippen MR) is 145 cm³/mol. The van der Waals surface area contributed by atoms with Crippen LogP contribution in [0.5, 0.6) is 0 Å². The average Bonchev–Trinajstić information content (AvgIpc) is 3.58. The van der Waals surface area contributed by atoms with Gasteiger partial charge in [0, 0.05) is 42.5 Å². The van der Waals surface area contributed by atoms with Gasteiger partial charge in [-0.2, -0.15) is 5.10 Å². The highest BCUT2D eigenvalue weighted by Crippen LogP contribution is 2.31. The van der Waals surface area contributed by atoms with E-state index in [9.17, 15) is 0 Å². The van der Waals surface area contributed by atoms with Crippen LogP contribution in [0.3, 0.4) is 0 Å². The molecule has 1 saturated heterocycles. The van der Waals surface area contributed by atoms with Gasteiger partial charge in [-0.15, -0.1) is 0 Å². The molecule has 0 radical (unpaired) electrons. The van der Waals surface area contributed by atoms with Crippen molar-refractivity contribution in [1.29, 1.82) is 0 Å². The van der Waals surface area contributed by atoms with Crippen LogP contribution >= 0.6 is 0 Å². The number of likely N-dealkylation sites (tertiary alicyclic amines) is 1. The maximum atomic E-state index is 5.00. The van der Waals surface area contributed by atoms with Crippen LogP contribution in [0.15, 0.2) is 73.3 Å². The summed E-state index contributed by atoms with van der Waals surface area (Å²) in [6.45, 7) is 3.25. The van der Waals surface area contributed by atoms with Gasteiger partial charge in [0.2, 0.25) is 0 Å². The van der Waals surface area contributed by atoms with E-state index in [1.54, 1.807) is 12.4 Å². The molecular weight excluding hydrogens is 460 g/mol. The molecule has 1 aromatic carbocycles. The quantitative estimate of drug-likeness (QED) is 0.329. The number of H-pyrrole nitrogens is 2. The van der Waals surface area contributed by atoms with Gasteiger partial charge in [0.05, 0.1) is 22.2 Å². The SMILES string of the molecule is c1cc(-c2ccncc2)c2nc(-c3n[nH]c4ccc(-c5cncc(CN6CCCCC6)c5)nc34)[nH]c2c1. The van der Waals surface area contributed by atoms with E-state index in [0.717, 1.165) is 64.1 Å². The van der Waals surface area contributed by atoms with Gasteiger partial charge in [-0.1, -0.05) is 18.6 Å². The molecule has 0 unspecified atom stereocenters. The monoisotopic (exact) mass is 486 g/mol. The van der Waals surface area contributed by atoms with Gasteiger partial charge in [0.15, 0.2) is 11.5 Å². The molecule has 8 nitrogen and oxygen atoms in total. The fourth-order valence-corrected chi connectivity index (χ4v) is 5.22. The summed E-state index contributed by atoms with van der Waals surface area (Å²) in [7, 11) is 0. The molecule has 1 aliphatic heterocycles. The van der Waals surface area contributed by atoms with E-state index >= 15 is 0 Å². The Morgan fingerprint density at radius 2 is 1.68 bits per heavy atom. The van der Waals surface area contributed by atoms with E-state index in [4.69, 9.17) is 9.97 Å². The molecule has 6 heterocycles. The second-order valence-corrected chi connectivity index (χ2v) is 9.61. The highest BCUT2D eigenvalue weighted by Gasteiger charge is 2.17. The minimum Gasteiger partial charge on any atom is -0.336 e. The van der Waals surface area contributed by atoms with Crippen molar-refractivity contribution in [3.8, 4) is 33.9 Å². The molecule has 37 heavy (non-hydrogen) atoms. The lowest BCUT2D eigenvalue weighted by Gasteiger charge is -2.26. The Labute approximate surface area is 213 Å². The first-order chi connectivity index (χ1) is 18.3. The Hall–Kier alpha value is -4.43. The summed E-state index contributed by atoms with van der Waals surface area (Å²) in [5.41, 5.74) is 9.41. The molecule has 0 atom stereocenters. The molecule has 0 amide bonds. The van der Waals surface area contributed by atoms with Crippen LogP contribution in [0.4, 0.5) is 0 Å². The van der Waals surface area contributed by atoms with Gasteiger partial charge in [-0.3, -0.25) is 20.0 Å². The Morgan fingerprint density at radius 3 is 2.57 bits per heavy atom. The van der Waals surface area contributed by atoms with Crippen molar-refractivity contribution in [3.05, 3.63) is 78.9 Å². The largest absolute Gasteiger partial charge is 0.336 e. The topological polar surface area (TPSA) is 99.3 Å². The molecule has 5 aromatic heterocycles. The molecule has 1 aliphatic rings. The molecule has 0 bridgehead atoms. The number of piperidine rings is 1. The summed E-state index contributed by atoms with van der Waals surface area (Å²) in [6.07, 6.45) is 11.3. The molecule has 6 aromatic rings. The van der Waals surface area contributed by atoms with Crippen molar-refractivity contribution in [2.24, 2.45) is 0 Å². The number of aromatic nitrogens is 7. The summed E-state index contributed by atoms with van der Waals surface area (Å²) < 4.78 is 0. The fraction of sp³-hybridized carbons (Fsp3) is 0.207. The third kappa shape index (κ3) is 4.15. The molecule has 182 valence electrons. The van der Waals surface area contributed by atoms with Crippen molar-refractivity contribution in [2.75, 3.05) is 13.1 Å². The maximum absolute atomic E-state index is 5.00. The number of hydrogen-bond acceptors (Lipinski definition) is 6. The highest BCUT2D eigenvalue weighted by atomic mass is 15.2. The molecular formula is C29H26N8. The zero-order valence-electron chi connectivity index (χ0n) is 20.4. The van der Waals surface area contributed by atoms with Gasteiger partial charge in [0.25, 0.3) is 0 Å². The van der Waals surface area contributed by atoms with Gasteiger partial charge < -0.3 is 4.98 Å². The normalized spacial score (nSPS) is 14.5. The number of nitrogens with zero attached hydrogens (tertiary/aromatic N) is 6.